The molecule has 0 saturated carbocycles. The first-order valence-corrected chi connectivity index (χ1v) is 5.44. The molecule has 94 valence electrons. The molecule has 0 bridgehead atoms. The number of carbonyl (C=O) groups is 2. The molecule has 1 aromatic rings. The van der Waals surface area contributed by atoms with E-state index in [4.69, 9.17) is 11.5 Å². The van der Waals surface area contributed by atoms with Crippen molar-refractivity contribution in [2.45, 2.75) is 26.3 Å². The molecule has 0 aliphatic carbocycles. The van der Waals surface area contributed by atoms with Crippen LogP contribution in [0.4, 0.5) is 5.69 Å². The van der Waals surface area contributed by atoms with Gasteiger partial charge in [-0.1, -0.05) is 13.8 Å². The molecule has 0 fully saturated rings. The minimum Gasteiger partial charge on any atom is -0.364 e. The fourth-order valence-electron chi connectivity index (χ4n) is 1.46. The van der Waals surface area contributed by atoms with E-state index >= 15 is 0 Å². The van der Waals surface area contributed by atoms with Gasteiger partial charge in [0.2, 0.25) is 5.91 Å². The Labute approximate surface area is 99.7 Å². The van der Waals surface area contributed by atoms with Gasteiger partial charge in [-0.25, -0.2) is 0 Å². The predicted octanol–water partition coefficient (Wildman–Crippen LogP) is 0.426. The van der Waals surface area contributed by atoms with Crippen molar-refractivity contribution in [3.63, 3.8) is 0 Å². The summed E-state index contributed by atoms with van der Waals surface area (Å²) < 4.78 is 0. The van der Waals surface area contributed by atoms with E-state index in [0.29, 0.717) is 18.0 Å². The first-order valence-electron chi connectivity index (χ1n) is 5.44. The van der Waals surface area contributed by atoms with Gasteiger partial charge in [-0.05, 0) is 18.4 Å². The Balaban J connectivity index is 2.58. The molecule has 0 aliphatic heterocycles. The van der Waals surface area contributed by atoms with Crippen molar-refractivity contribution in [2.75, 3.05) is 5.32 Å². The topological polar surface area (TPSA) is 114 Å². The lowest BCUT2D eigenvalue weighted by molar-refractivity contribution is -0.117. The van der Waals surface area contributed by atoms with Gasteiger partial charge in [0.25, 0.3) is 5.91 Å². The maximum Gasteiger partial charge on any atom is 0.265 e. The number of hydrogen-bond acceptors (Lipinski definition) is 3. The minimum absolute atomic E-state index is 0.248. The van der Waals surface area contributed by atoms with Crippen LogP contribution in [0.5, 0.6) is 0 Å². The number of aromatic amines is 1. The summed E-state index contributed by atoms with van der Waals surface area (Å²) in [6.45, 7) is 3.99. The van der Waals surface area contributed by atoms with E-state index in [1.807, 2.05) is 13.8 Å². The molecule has 1 atom stereocenters. The number of amides is 2. The van der Waals surface area contributed by atoms with Gasteiger partial charge in [-0.3, -0.25) is 9.59 Å². The van der Waals surface area contributed by atoms with Gasteiger partial charge in [0, 0.05) is 6.20 Å². The van der Waals surface area contributed by atoms with Gasteiger partial charge < -0.3 is 21.8 Å². The standard InChI is InChI=1S/C11H18N4O2/c1-6(2)3-8(12)11(17)15-7-4-9(10(13)16)14-5-7/h4-6,8,14H,3,12H2,1-2H3,(H2,13,16)(H,15,17)/t8-/m0/s1. The summed E-state index contributed by atoms with van der Waals surface area (Å²) in [6.07, 6.45) is 2.11. The maximum atomic E-state index is 11.7. The highest BCUT2D eigenvalue weighted by Gasteiger charge is 2.15. The lowest BCUT2D eigenvalue weighted by Crippen LogP contribution is -2.36. The zero-order chi connectivity index (χ0) is 13.0. The highest BCUT2D eigenvalue weighted by atomic mass is 16.2. The van der Waals surface area contributed by atoms with E-state index in [-0.39, 0.29) is 11.6 Å². The third kappa shape index (κ3) is 3.92. The number of aromatic nitrogens is 1. The van der Waals surface area contributed by atoms with Crippen LogP contribution in [0, 0.1) is 5.92 Å². The molecule has 0 aliphatic rings. The summed E-state index contributed by atoms with van der Waals surface area (Å²) in [5.41, 5.74) is 11.5. The van der Waals surface area contributed by atoms with Crippen molar-refractivity contribution in [2.24, 2.45) is 17.4 Å². The molecular weight excluding hydrogens is 220 g/mol. The summed E-state index contributed by atoms with van der Waals surface area (Å²) >= 11 is 0. The zero-order valence-corrected chi connectivity index (χ0v) is 9.99. The third-order valence-electron chi connectivity index (χ3n) is 2.28. The van der Waals surface area contributed by atoms with Crippen LogP contribution in [0.1, 0.15) is 30.8 Å². The quantitative estimate of drug-likeness (QED) is 0.596. The van der Waals surface area contributed by atoms with Crippen LogP contribution in [0.2, 0.25) is 0 Å². The summed E-state index contributed by atoms with van der Waals surface area (Å²) in [7, 11) is 0. The molecular formula is C11H18N4O2. The number of nitrogens with two attached hydrogens (primary N) is 2. The summed E-state index contributed by atoms with van der Waals surface area (Å²) in [6, 6.07) is 0.921. The number of rotatable bonds is 5. The van der Waals surface area contributed by atoms with Crippen molar-refractivity contribution in [3.05, 3.63) is 18.0 Å². The molecule has 6 N–H and O–H groups in total. The summed E-state index contributed by atoms with van der Waals surface area (Å²) in [5.74, 6) is -0.492. The largest absolute Gasteiger partial charge is 0.364 e. The fourth-order valence-corrected chi connectivity index (χ4v) is 1.46. The Morgan fingerprint density at radius 1 is 1.47 bits per heavy atom. The fraction of sp³-hybridized carbons (Fsp3) is 0.455. The molecule has 1 heterocycles. The molecule has 1 rings (SSSR count). The van der Waals surface area contributed by atoms with E-state index < -0.39 is 11.9 Å². The van der Waals surface area contributed by atoms with E-state index in [0.717, 1.165) is 0 Å². The molecule has 0 aromatic carbocycles. The van der Waals surface area contributed by atoms with Crippen molar-refractivity contribution in [1.29, 1.82) is 0 Å². The van der Waals surface area contributed by atoms with Crippen LogP contribution in [-0.4, -0.2) is 22.8 Å². The second-order valence-corrected chi connectivity index (χ2v) is 4.39. The van der Waals surface area contributed by atoms with Gasteiger partial charge in [0.15, 0.2) is 0 Å². The minimum atomic E-state index is -0.572. The molecule has 6 heteroatoms. The maximum absolute atomic E-state index is 11.7. The number of anilines is 1. The van der Waals surface area contributed by atoms with Crippen LogP contribution < -0.4 is 16.8 Å². The molecule has 0 spiro atoms. The number of nitrogens with one attached hydrogen (secondary N) is 2. The Morgan fingerprint density at radius 2 is 2.12 bits per heavy atom. The van der Waals surface area contributed by atoms with Gasteiger partial charge >= 0.3 is 0 Å². The molecule has 0 radical (unpaired) electrons. The smallest absolute Gasteiger partial charge is 0.265 e. The van der Waals surface area contributed by atoms with Crippen LogP contribution >= 0.6 is 0 Å². The van der Waals surface area contributed by atoms with Crippen LogP contribution in [0.3, 0.4) is 0 Å². The summed E-state index contributed by atoms with van der Waals surface area (Å²) in [5, 5.41) is 2.62. The normalized spacial score (nSPS) is 12.5. The lowest BCUT2D eigenvalue weighted by Gasteiger charge is -2.13. The van der Waals surface area contributed by atoms with Crippen molar-refractivity contribution in [3.8, 4) is 0 Å². The molecule has 6 nitrogen and oxygen atoms in total. The SMILES string of the molecule is CC(C)C[C@H](N)C(=O)Nc1c[nH]c(C(N)=O)c1. The predicted molar refractivity (Wildman–Crippen MR) is 65.4 cm³/mol. The van der Waals surface area contributed by atoms with E-state index in [1.54, 1.807) is 0 Å². The zero-order valence-electron chi connectivity index (χ0n) is 9.99. The average molecular weight is 238 g/mol. The lowest BCUT2D eigenvalue weighted by atomic mass is 10.0. The van der Waals surface area contributed by atoms with Gasteiger partial charge in [-0.15, -0.1) is 0 Å². The first-order chi connectivity index (χ1) is 7.90. The summed E-state index contributed by atoms with van der Waals surface area (Å²) in [4.78, 5) is 25.2. The molecule has 0 saturated heterocycles. The van der Waals surface area contributed by atoms with Gasteiger partial charge in [0.05, 0.1) is 11.7 Å². The molecule has 0 unspecified atom stereocenters. The van der Waals surface area contributed by atoms with Gasteiger partial charge in [-0.2, -0.15) is 0 Å². The first kappa shape index (κ1) is 13.2. The highest BCUT2D eigenvalue weighted by Crippen LogP contribution is 2.10. The van der Waals surface area contributed by atoms with E-state index in [9.17, 15) is 9.59 Å². The van der Waals surface area contributed by atoms with Crippen LogP contribution in [-0.2, 0) is 4.79 Å². The molecule has 1 aromatic heterocycles. The van der Waals surface area contributed by atoms with Crippen molar-refractivity contribution < 1.29 is 9.59 Å². The van der Waals surface area contributed by atoms with E-state index in [2.05, 4.69) is 10.3 Å². The molecule has 17 heavy (non-hydrogen) atoms. The van der Waals surface area contributed by atoms with E-state index in [1.165, 1.54) is 12.3 Å². The van der Waals surface area contributed by atoms with Crippen LogP contribution in [0.25, 0.3) is 0 Å². The van der Waals surface area contributed by atoms with Crippen molar-refractivity contribution in [1.82, 2.24) is 4.98 Å². The Hall–Kier alpha value is -1.82. The monoisotopic (exact) mass is 238 g/mol. The Bertz CT molecular complexity index is 411. The number of H-pyrrole nitrogens is 1. The number of hydrogen-bond donors (Lipinski definition) is 4. The molecule has 2 amide bonds. The highest BCUT2D eigenvalue weighted by molar-refractivity contribution is 5.97. The van der Waals surface area contributed by atoms with Gasteiger partial charge in [0.1, 0.15) is 5.69 Å². The number of carbonyl (C=O) groups excluding carboxylic acids is 2. The van der Waals surface area contributed by atoms with Crippen LogP contribution in [0.15, 0.2) is 12.3 Å². The number of primary amides is 1. The van der Waals surface area contributed by atoms with Crippen molar-refractivity contribution >= 4 is 17.5 Å². The second-order valence-electron chi connectivity index (χ2n) is 4.39. The third-order valence-corrected chi connectivity index (χ3v) is 2.28. The second kappa shape index (κ2) is 5.49. The Morgan fingerprint density at radius 3 is 2.59 bits per heavy atom. The Kier molecular flexibility index (Phi) is 4.28. The average Bonchev–Trinajstić information content (AvgIpc) is 2.65.